The van der Waals surface area contributed by atoms with Crippen LogP contribution >= 0.6 is 0 Å². The van der Waals surface area contributed by atoms with Crippen molar-refractivity contribution in [1.29, 1.82) is 0 Å². The Labute approximate surface area is 98.5 Å². The second-order valence-electron chi connectivity index (χ2n) is 4.04. The lowest BCUT2D eigenvalue weighted by molar-refractivity contribution is -0.117. The van der Waals surface area contributed by atoms with Crippen molar-refractivity contribution in [3.63, 3.8) is 0 Å². The average molecular weight is 231 g/mol. The summed E-state index contributed by atoms with van der Waals surface area (Å²) in [7, 11) is 0. The number of carboxylic acids is 1. The van der Waals surface area contributed by atoms with E-state index in [0.717, 1.165) is 10.9 Å². The first-order valence-corrected chi connectivity index (χ1v) is 5.39. The Kier molecular flexibility index (Phi) is 2.95. The van der Waals surface area contributed by atoms with Gasteiger partial charge < -0.3 is 9.67 Å². The number of fused-ring (bicyclic) bond motifs is 1. The monoisotopic (exact) mass is 231 g/mol. The topological polar surface area (TPSA) is 59.3 Å². The van der Waals surface area contributed by atoms with Crippen molar-refractivity contribution in [3.8, 4) is 0 Å². The number of Topliss-reactive ketones (excluding diaryl/α,β-unsaturated/α-hetero) is 1. The van der Waals surface area contributed by atoms with Gasteiger partial charge in [-0.05, 0) is 31.2 Å². The number of rotatable bonds is 4. The van der Waals surface area contributed by atoms with Crippen LogP contribution in [0.25, 0.3) is 10.9 Å². The van der Waals surface area contributed by atoms with E-state index in [9.17, 15) is 9.59 Å². The lowest BCUT2D eigenvalue weighted by atomic mass is 10.1. The summed E-state index contributed by atoms with van der Waals surface area (Å²) >= 11 is 0. The van der Waals surface area contributed by atoms with E-state index in [1.165, 1.54) is 0 Å². The van der Waals surface area contributed by atoms with E-state index in [4.69, 9.17) is 5.11 Å². The van der Waals surface area contributed by atoms with Crippen LogP contribution in [-0.4, -0.2) is 21.4 Å². The Hall–Kier alpha value is -2.10. The van der Waals surface area contributed by atoms with Gasteiger partial charge in [0.1, 0.15) is 5.78 Å². The van der Waals surface area contributed by atoms with Gasteiger partial charge >= 0.3 is 5.97 Å². The number of carbonyl (C=O) groups is 2. The van der Waals surface area contributed by atoms with Crippen LogP contribution in [0.3, 0.4) is 0 Å². The van der Waals surface area contributed by atoms with Gasteiger partial charge in [0.05, 0.1) is 5.56 Å². The fourth-order valence-electron chi connectivity index (χ4n) is 1.81. The second kappa shape index (κ2) is 4.41. The van der Waals surface area contributed by atoms with Gasteiger partial charge in [-0.25, -0.2) is 4.79 Å². The SMILES string of the molecule is CC(=O)CCn1ccc2cc(C(=O)O)ccc21. The number of nitrogens with zero attached hydrogens (tertiary/aromatic N) is 1. The first-order chi connectivity index (χ1) is 8.08. The molecule has 2 rings (SSSR count). The van der Waals surface area contributed by atoms with Crippen LogP contribution in [-0.2, 0) is 11.3 Å². The van der Waals surface area contributed by atoms with Gasteiger partial charge in [0.15, 0.2) is 0 Å². The molecule has 1 N–H and O–H groups in total. The normalized spacial score (nSPS) is 10.6. The fraction of sp³-hybridized carbons (Fsp3) is 0.231. The molecule has 0 saturated heterocycles. The maximum atomic E-state index is 10.9. The molecule has 0 aliphatic carbocycles. The third kappa shape index (κ3) is 2.36. The van der Waals surface area contributed by atoms with Crippen molar-refractivity contribution >= 4 is 22.7 Å². The molecule has 0 bridgehead atoms. The van der Waals surface area contributed by atoms with Gasteiger partial charge in [0.25, 0.3) is 0 Å². The number of ketones is 1. The van der Waals surface area contributed by atoms with Gasteiger partial charge in [0.2, 0.25) is 0 Å². The Bertz CT molecular complexity index is 583. The molecule has 0 saturated carbocycles. The van der Waals surface area contributed by atoms with Gasteiger partial charge in [0, 0.05) is 30.1 Å². The number of aromatic carboxylic acids is 1. The van der Waals surface area contributed by atoms with Gasteiger partial charge in [-0.2, -0.15) is 0 Å². The molecule has 88 valence electrons. The molecular weight excluding hydrogens is 218 g/mol. The predicted molar refractivity (Wildman–Crippen MR) is 64.2 cm³/mol. The molecule has 0 fully saturated rings. The third-order valence-corrected chi connectivity index (χ3v) is 2.72. The highest BCUT2D eigenvalue weighted by atomic mass is 16.4. The first-order valence-electron chi connectivity index (χ1n) is 5.39. The van der Waals surface area contributed by atoms with E-state index in [1.54, 1.807) is 25.1 Å². The number of benzene rings is 1. The Morgan fingerprint density at radius 1 is 1.29 bits per heavy atom. The molecule has 1 heterocycles. The lowest BCUT2D eigenvalue weighted by Crippen LogP contribution is -2.01. The Morgan fingerprint density at radius 3 is 2.71 bits per heavy atom. The zero-order chi connectivity index (χ0) is 12.4. The van der Waals surface area contributed by atoms with Crippen LogP contribution in [0.2, 0.25) is 0 Å². The van der Waals surface area contributed by atoms with E-state index in [2.05, 4.69) is 0 Å². The maximum Gasteiger partial charge on any atom is 0.335 e. The minimum Gasteiger partial charge on any atom is -0.478 e. The van der Waals surface area contributed by atoms with Crippen molar-refractivity contribution in [1.82, 2.24) is 4.57 Å². The predicted octanol–water partition coefficient (Wildman–Crippen LogP) is 2.32. The highest BCUT2D eigenvalue weighted by Crippen LogP contribution is 2.18. The zero-order valence-corrected chi connectivity index (χ0v) is 9.51. The quantitative estimate of drug-likeness (QED) is 0.878. The molecule has 0 unspecified atom stereocenters. The summed E-state index contributed by atoms with van der Waals surface area (Å²) in [4.78, 5) is 21.7. The molecule has 17 heavy (non-hydrogen) atoms. The third-order valence-electron chi connectivity index (χ3n) is 2.72. The van der Waals surface area contributed by atoms with Crippen LogP contribution in [0, 0.1) is 0 Å². The lowest BCUT2D eigenvalue weighted by Gasteiger charge is -2.03. The van der Waals surface area contributed by atoms with Gasteiger partial charge in [-0.3, -0.25) is 4.79 Å². The molecule has 0 atom stereocenters. The number of hydrogen-bond acceptors (Lipinski definition) is 2. The number of carboxylic acid groups (broad SMARTS) is 1. The van der Waals surface area contributed by atoms with Crippen molar-refractivity contribution < 1.29 is 14.7 Å². The smallest absolute Gasteiger partial charge is 0.335 e. The molecule has 0 radical (unpaired) electrons. The molecule has 4 heteroatoms. The standard InChI is InChI=1S/C13H13NO3/c1-9(15)4-6-14-7-5-10-8-11(13(16)17)2-3-12(10)14/h2-3,5,7-8H,4,6H2,1H3,(H,16,17). The number of hydrogen-bond donors (Lipinski definition) is 1. The van der Waals surface area contributed by atoms with E-state index in [1.807, 2.05) is 16.8 Å². The van der Waals surface area contributed by atoms with Crippen molar-refractivity contribution in [3.05, 3.63) is 36.0 Å². The van der Waals surface area contributed by atoms with E-state index < -0.39 is 5.97 Å². The summed E-state index contributed by atoms with van der Waals surface area (Å²) in [6.45, 7) is 2.19. The van der Waals surface area contributed by atoms with Crippen LogP contribution in [0.15, 0.2) is 30.5 Å². The van der Waals surface area contributed by atoms with Crippen LogP contribution in [0.5, 0.6) is 0 Å². The van der Waals surface area contributed by atoms with E-state index in [-0.39, 0.29) is 11.3 Å². The van der Waals surface area contributed by atoms with E-state index in [0.29, 0.717) is 13.0 Å². The summed E-state index contributed by atoms with van der Waals surface area (Å²) in [5.74, 6) is -0.780. The van der Waals surface area contributed by atoms with Crippen LogP contribution in [0.4, 0.5) is 0 Å². The van der Waals surface area contributed by atoms with Crippen molar-refractivity contribution in [2.75, 3.05) is 0 Å². The highest BCUT2D eigenvalue weighted by Gasteiger charge is 2.06. The molecule has 0 amide bonds. The summed E-state index contributed by atoms with van der Waals surface area (Å²) in [5, 5.41) is 9.76. The molecular formula is C13H13NO3. The molecule has 4 nitrogen and oxygen atoms in total. The maximum absolute atomic E-state index is 10.9. The second-order valence-corrected chi connectivity index (χ2v) is 4.04. The summed E-state index contributed by atoms with van der Waals surface area (Å²) < 4.78 is 1.96. The molecule has 0 aliphatic heterocycles. The molecule has 0 spiro atoms. The number of aryl methyl sites for hydroxylation is 1. The van der Waals surface area contributed by atoms with Crippen molar-refractivity contribution in [2.24, 2.45) is 0 Å². The first kappa shape index (κ1) is 11.4. The van der Waals surface area contributed by atoms with Crippen molar-refractivity contribution in [2.45, 2.75) is 19.9 Å². The zero-order valence-electron chi connectivity index (χ0n) is 9.51. The molecule has 0 aliphatic rings. The minimum absolute atomic E-state index is 0.147. The van der Waals surface area contributed by atoms with E-state index >= 15 is 0 Å². The summed E-state index contributed by atoms with van der Waals surface area (Å²) in [6.07, 6.45) is 2.36. The average Bonchev–Trinajstić information content (AvgIpc) is 2.68. The van der Waals surface area contributed by atoms with Crippen LogP contribution < -0.4 is 0 Å². The minimum atomic E-state index is -0.927. The number of aromatic nitrogens is 1. The Morgan fingerprint density at radius 2 is 2.06 bits per heavy atom. The van der Waals surface area contributed by atoms with Crippen LogP contribution in [0.1, 0.15) is 23.7 Å². The van der Waals surface area contributed by atoms with Gasteiger partial charge in [-0.15, -0.1) is 0 Å². The Balaban J connectivity index is 2.34. The molecule has 2 aromatic rings. The molecule has 1 aromatic carbocycles. The number of carbonyl (C=O) groups excluding carboxylic acids is 1. The van der Waals surface area contributed by atoms with Gasteiger partial charge in [-0.1, -0.05) is 0 Å². The highest BCUT2D eigenvalue weighted by molar-refractivity contribution is 5.93. The summed E-state index contributed by atoms with van der Waals surface area (Å²) in [5.41, 5.74) is 1.23. The largest absolute Gasteiger partial charge is 0.478 e. The fourth-order valence-corrected chi connectivity index (χ4v) is 1.81. The summed E-state index contributed by atoms with van der Waals surface area (Å²) in [6, 6.07) is 6.86. The molecule has 1 aromatic heterocycles.